The monoisotopic (exact) mass is 175 g/mol. The van der Waals surface area contributed by atoms with Gasteiger partial charge in [0, 0.05) is 17.4 Å². The quantitative estimate of drug-likeness (QED) is 0.711. The van der Waals surface area contributed by atoms with Gasteiger partial charge in [0.1, 0.15) is 11.8 Å². The van der Waals surface area contributed by atoms with Crippen molar-refractivity contribution in [3.05, 3.63) is 24.0 Å². The molecular weight excluding hydrogens is 162 g/mol. The Morgan fingerprint density at radius 1 is 1.46 bits per heavy atom. The van der Waals surface area contributed by atoms with Crippen molar-refractivity contribution in [2.45, 2.75) is 26.3 Å². The lowest BCUT2D eigenvalue weighted by Crippen LogP contribution is -2.26. The van der Waals surface area contributed by atoms with Crippen LogP contribution in [0.5, 0.6) is 0 Å². The normalized spacial score (nSPS) is 10.6. The van der Waals surface area contributed by atoms with Crippen molar-refractivity contribution < 1.29 is 0 Å². The number of hydrogen-bond donors (Lipinski definition) is 1. The van der Waals surface area contributed by atoms with Gasteiger partial charge in [0.15, 0.2) is 0 Å². The predicted molar refractivity (Wildman–Crippen MR) is 52.3 cm³/mol. The van der Waals surface area contributed by atoms with Crippen LogP contribution in [0.1, 0.15) is 26.5 Å². The maximum Gasteiger partial charge on any atom is 0.142 e. The minimum Gasteiger partial charge on any atom is -0.380 e. The Morgan fingerprint density at radius 2 is 2.15 bits per heavy atom. The molecule has 0 aromatic carbocycles. The van der Waals surface area contributed by atoms with Crippen LogP contribution in [0.15, 0.2) is 18.3 Å². The summed E-state index contributed by atoms with van der Waals surface area (Å²) in [7, 11) is 0. The van der Waals surface area contributed by atoms with Crippen LogP contribution in [0.4, 0.5) is 5.69 Å². The molecule has 1 rings (SSSR count). The smallest absolute Gasteiger partial charge is 0.142 e. The van der Waals surface area contributed by atoms with E-state index in [0.717, 1.165) is 5.69 Å². The van der Waals surface area contributed by atoms with Gasteiger partial charge in [-0.2, -0.15) is 5.26 Å². The summed E-state index contributed by atoms with van der Waals surface area (Å²) in [6, 6.07) is 5.60. The SMILES string of the molecule is CC(C)(C)Nc1ccnc(C#N)c1. The van der Waals surface area contributed by atoms with Crippen molar-refractivity contribution >= 4 is 5.69 Å². The molecule has 0 fully saturated rings. The summed E-state index contributed by atoms with van der Waals surface area (Å²) in [6.45, 7) is 6.21. The molecule has 0 radical (unpaired) electrons. The zero-order chi connectivity index (χ0) is 9.90. The summed E-state index contributed by atoms with van der Waals surface area (Å²) in [4.78, 5) is 3.89. The van der Waals surface area contributed by atoms with E-state index in [2.05, 4.69) is 31.1 Å². The first-order valence-corrected chi connectivity index (χ1v) is 4.15. The van der Waals surface area contributed by atoms with Gasteiger partial charge in [0.2, 0.25) is 0 Å². The van der Waals surface area contributed by atoms with E-state index in [9.17, 15) is 0 Å². The molecule has 0 saturated carbocycles. The average molecular weight is 175 g/mol. The molecule has 0 amide bonds. The van der Waals surface area contributed by atoms with E-state index in [4.69, 9.17) is 5.26 Å². The fraction of sp³-hybridized carbons (Fsp3) is 0.400. The fourth-order valence-electron chi connectivity index (χ4n) is 1.00. The first kappa shape index (κ1) is 9.53. The van der Waals surface area contributed by atoms with E-state index in [1.54, 1.807) is 12.3 Å². The summed E-state index contributed by atoms with van der Waals surface area (Å²) in [5.74, 6) is 0. The minimum atomic E-state index is 0.00801. The first-order valence-electron chi connectivity index (χ1n) is 4.15. The van der Waals surface area contributed by atoms with E-state index in [1.807, 2.05) is 12.1 Å². The van der Waals surface area contributed by atoms with Gasteiger partial charge in [0.25, 0.3) is 0 Å². The summed E-state index contributed by atoms with van der Waals surface area (Å²) in [5.41, 5.74) is 1.38. The lowest BCUT2D eigenvalue weighted by atomic mass is 10.1. The van der Waals surface area contributed by atoms with Crippen LogP contribution in [0.3, 0.4) is 0 Å². The lowest BCUT2D eigenvalue weighted by Gasteiger charge is -2.21. The Labute approximate surface area is 78.4 Å². The number of aromatic nitrogens is 1. The third-order valence-corrected chi connectivity index (χ3v) is 1.39. The van der Waals surface area contributed by atoms with E-state index in [1.165, 1.54) is 0 Å². The summed E-state index contributed by atoms with van der Waals surface area (Å²) in [6.07, 6.45) is 1.63. The predicted octanol–water partition coefficient (Wildman–Crippen LogP) is 2.16. The van der Waals surface area contributed by atoms with Gasteiger partial charge in [0.05, 0.1) is 0 Å². The number of nitrogens with one attached hydrogen (secondary N) is 1. The van der Waals surface area contributed by atoms with Crippen molar-refractivity contribution in [3.8, 4) is 6.07 Å². The molecule has 0 bridgehead atoms. The molecule has 0 unspecified atom stereocenters. The van der Waals surface area contributed by atoms with Crippen molar-refractivity contribution in [2.24, 2.45) is 0 Å². The average Bonchev–Trinajstić information content (AvgIpc) is 2.01. The lowest BCUT2D eigenvalue weighted by molar-refractivity contribution is 0.634. The number of rotatable bonds is 1. The molecule has 1 aromatic heterocycles. The number of hydrogen-bond acceptors (Lipinski definition) is 3. The molecule has 1 heterocycles. The Kier molecular flexibility index (Phi) is 2.52. The van der Waals surface area contributed by atoms with Gasteiger partial charge in [-0.05, 0) is 32.9 Å². The van der Waals surface area contributed by atoms with Crippen LogP contribution in [-0.2, 0) is 0 Å². The molecule has 1 N–H and O–H groups in total. The molecule has 0 saturated heterocycles. The number of nitriles is 1. The van der Waals surface area contributed by atoms with Crippen LogP contribution in [0, 0.1) is 11.3 Å². The van der Waals surface area contributed by atoms with Gasteiger partial charge in [-0.15, -0.1) is 0 Å². The van der Waals surface area contributed by atoms with Crippen LogP contribution in [0.2, 0.25) is 0 Å². The van der Waals surface area contributed by atoms with Crippen molar-refractivity contribution in [3.63, 3.8) is 0 Å². The highest BCUT2D eigenvalue weighted by Gasteiger charge is 2.09. The van der Waals surface area contributed by atoms with Gasteiger partial charge in [-0.1, -0.05) is 0 Å². The Hall–Kier alpha value is -1.56. The zero-order valence-electron chi connectivity index (χ0n) is 8.13. The van der Waals surface area contributed by atoms with E-state index in [0.29, 0.717) is 5.69 Å². The van der Waals surface area contributed by atoms with E-state index >= 15 is 0 Å². The zero-order valence-corrected chi connectivity index (χ0v) is 8.13. The topological polar surface area (TPSA) is 48.7 Å². The van der Waals surface area contributed by atoms with Gasteiger partial charge >= 0.3 is 0 Å². The third kappa shape index (κ3) is 3.12. The van der Waals surface area contributed by atoms with Crippen LogP contribution in [-0.4, -0.2) is 10.5 Å². The molecule has 0 spiro atoms. The second kappa shape index (κ2) is 3.44. The second-order valence-electron chi connectivity index (χ2n) is 3.92. The maximum atomic E-state index is 8.62. The van der Waals surface area contributed by atoms with E-state index in [-0.39, 0.29) is 5.54 Å². The largest absolute Gasteiger partial charge is 0.380 e. The molecule has 0 aliphatic carbocycles. The maximum absolute atomic E-state index is 8.62. The summed E-state index contributed by atoms with van der Waals surface area (Å²) < 4.78 is 0. The van der Waals surface area contributed by atoms with Gasteiger partial charge in [-0.3, -0.25) is 0 Å². The first-order chi connectivity index (χ1) is 6.01. The molecule has 3 nitrogen and oxygen atoms in total. The second-order valence-corrected chi connectivity index (χ2v) is 3.92. The molecule has 13 heavy (non-hydrogen) atoms. The molecule has 0 atom stereocenters. The Balaban J connectivity index is 2.86. The third-order valence-electron chi connectivity index (χ3n) is 1.39. The van der Waals surface area contributed by atoms with Crippen LogP contribution in [0.25, 0.3) is 0 Å². The van der Waals surface area contributed by atoms with Crippen molar-refractivity contribution in [2.75, 3.05) is 5.32 Å². The minimum absolute atomic E-state index is 0.00801. The standard InChI is InChI=1S/C10H13N3/c1-10(2,3)13-8-4-5-12-9(6-8)7-11/h4-6H,1-3H3,(H,12,13). The van der Waals surface area contributed by atoms with Crippen molar-refractivity contribution in [1.29, 1.82) is 5.26 Å². The summed E-state index contributed by atoms with van der Waals surface area (Å²) >= 11 is 0. The molecule has 68 valence electrons. The highest BCUT2D eigenvalue weighted by atomic mass is 15.0. The Bertz CT molecular complexity index is 331. The molecule has 0 aliphatic heterocycles. The summed E-state index contributed by atoms with van der Waals surface area (Å²) in [5, 5.41) is 11.9. The van der Waals surface area contributed by atoms with Crippen LogP contribution >= 0.6 is 0 Å². The van der Waals surface area contributed by atoms with E-state index < -0.39 is 0 Å². The molecule has 3 heteroatoms. The number of nitrogens with zero attached hydrogens (tertiary/aromatic N) is 2. The molecule has 1 aromatic rings. The highest BCUT2D eigenvalue weighted by molar-refractivity contribution is 5.47. The van der Waals surface area contributed by atoms with Gasteiger partial charge < -0.3 is 5.32 Å². The highest BCUT2D eigenvalue weighted by Crippen LogP contribution is 2.13. The molecule has 0 aliphatic rings. The van der Waals surface area contributed by atoms with Crippen LogP contribution < -0.4 is 5.32 Å². The molecular formula is C10H13N3. The fourth-order valence-corrected chi connectivity index (χ4v) is 1.00. The number of pyridine rings is 1. The Morgan fingerprint density at radius 3 is 2.69 bits per heavy atom. The van der Waals surface area contributed by atoms with Gasteiger partial charge in [-0.25, -0.2) is 4.98 Å². The van der Waals surface area contributed by atoms with Crippen molar-refractivity contribution in [1.82, 2.24) is 4.98 Å². The number of anilines is 1.